The van der Waals surface area contributed by atoms with Gasteiger partial charge in [0.1, 0.15) is 0 Å². The topological polar surface area (TPSA) is 72.2 Å². The second-order valence-electron chi connectivity index (χ2n) is 4.42. The van der Waals surface area contributed by atoms with Gasteiger partial charge in [0, 0.05) is 18.4 Å². The summed E-state index contributed by atoms with van der Waals surface area (Å²) in [5, 5.41) is 2.93. The monoisotopic (exact) mass is 198 g/mol. The van der Waals surface area contributed by atoms with Crippen molar-refractivity contribution in [2.75, 3.05) is 0 Å². The molecule has 1 aliphatic rings. The summed E-state index contributed by atoms with van der Waals surface area (Å²) in [6.45, 7) is 3.54. The summed E-state index contributed by atoms with van der Waals surface area (Å²) in [6, 6.07) is 0. The maximum Gasteiger partial charge on any atom is 0.220 e. The van der Waals surface area contributed by atoms with Crippen molar-refractivity contribution in [2.24, 2.45) is 11.7 Å². The molecule has 3 N–H and O–H groups in total. The largest absolute Gasteiger partial charge is 0.369 e. The molecule has 80 valence electrons. The van der Waals surface area contributed by atoms with E-state index in [1.165, 1.54) is 6.92 Å². The van der Waals surface area contributed by atoms with E-state index in [1.807, 2.05) is 6.92 Å². The zero-order valence-electron chi connectivity index (χ0n) is 8.80. The molecule has 0 atom stereocenters. The molecule has 0 aromatic heterocycles. The first-order valence-corrected chi connectivity index (χ1v) is 5.01. The van der Waals surface area contributed by atoms with Gasteiger partial charge in [-0.2, -0.15) is 0 Å². The lowest BCUT2D eigenvalue weighted by atomic mass is 9.77. The Labute approximate surface area is 84.2 Å². The highest BCUT2D eigenvalue weighted by Gasteiger charge is 2.33. The average Bonchev–Trinajstić information content (AvgIpc) is 2.02. The van der Waals surface area contributed by atoms with Crippen LogP contribution in [0.15, 0.2) is 0 Å². The van der Waals surface area contributed by atoms with Crippen LogP contribution in [0.4, 0.5) is 0 Å². The molecule has 0 spiro atoms. The number of primary amides is 1. The van der Waals surface area contributed by atoms with E-state index in [9.17, 15) is 9.59 Å². The van der Waals surface area contributed by atoms with Gasteiger partial charge in [0.15, 0.2) is 0 Å². The van der Waals surface area contributed by atoms with Crippen molar-refractivity contribution in [3.05, 3.63) is 0 Å². The van der Waals surface area contributed by atoms with E-state index in [4.69, 9.17) is 5.73 Å². The molecule has 0 aromatic rings. The summed E-state index contributed by atoms with van der Waals surface area (Å²) in [7, 11) is 0. The molecule has 4 heteroatoms. The minimum absolute atomic E-state index is 0.00293. The fourth-order valence-corrected chi connectivity index (χ4v) is 2.09. The van der Waals surface area contributed by atoms with E-state index in [0.29, 0.717) is 0 Å². The molecule has 14 heavy (non-hydrogen) atoms. The summed E-state index contributed by atoms with van der Waals surface area (Å²) in [4.78, 5) is 21.9. The van der Waals surface area contributed by atoms with Crippen LogP contribution in [0, 0.1) is 5.92 Å². The summed E-state index contributed by atoms with van der Waals surface area (Å²) in [5.41, 5.74) is 5.09. The van der Waals surface area contributed by atoms with Crippen molar-refractivity contribution < 1.29 is 9.59 Å². The molecule has 0 radical (unpaired) electrons. The Morgan fingerprint density at radius 1 is 1.36 bits per heavy atom. The number of nitrogens with two attached hydrogens (primary N) is 1. The van der Waals surface area contributed by atoms with Crippen LogP contribution >= 0.6 is 0 Å². The van der Waals surface area contributed by atoms with Gasteiger partial charge in [-0.05, 0) is 32.6 Å². The molecule has 0 bridgehead atoms. The van der Waals surface area contributed by atoms with Gasteiger partial charge in [-0.1, -0.05) is 0 Å². The highest BCUT2D eigenvalue weighted by Crippen LogP contribution is 2.31. The molecule has 1 rings (SSSR count). The zero-order chi connectivity index (χ0) is 10.8. The van der Waals surface area contributed by atoms with Crippen molar-refractivity contribution >= 4 is 11.8 Å². The van der Waals surface area contributed by atoms with Crippen LogP contribution in [0.1, 0.15) is 39.5 Å². The first kappa shape index (κ1) is 11.0. The van der Waals surface area contributed by atoms with Gasteiger partial charge in [0.25, 0.3) is 0 Å². The third kappa shape index (κ3) is 2.72. The first-order valence-electron chi connectivity index (χ1n) is 5.01. The summed E-state index contributed by atoms with van der Waals surface area (Å²) in [5.74, 6) is -0.225. The molecule has 2 amide bonds. The maximum atomic E-state index is 10.9. The van der Waals surface area contributed by atoms with Crippen molar-refractivity contribution in [3.8, 4) is 0 Å². The number of hydrogen-bond donors (Lipinski definition) is 2. The van der Waals surface area contributed by atoms with Crippen molar-refractivity contribution in [3.63, 3.8) is 0 Å². The zero-order valence-corrected chi connectivity index (χ0v) is 8.80. The molecule has 1 saturated carbocycles. The van der Waals surface area contributed by atoms with Gasteiger partial charge in [0.2, 0.25) is 11.8 Å². The quantitative estimate of drug-likeness (QED) is 0.680. The molecule has 0 saturated heterocycles. The van der Waals surface area contributed by atoms with Crippen LogP contribution in [0.3, 0.4) is 0 Å². The van der Waals surface area contributed by atoms with E-state index in [-0.39, 0.29) is 23.3 Å². The molecular formula is C10H18N2O2. The van der Waals surface area contributed by atoms with E-state index < -0.39 is 0 Å². The molecule has 1 aliphatic carbocycles. The average molecular weight is 198 g/mol. The lowest BCUT2D eigenvalue weighted by molar-refractivity contribution is -0.123. The number of hydrogen-bond acceptors (Lipinski definition) is 2. The number of carbonyl (C=O) groups is 2. The summed E-state index contributed by atoms with van der Waals surface area (Å²) >= 11 is 0. The highest BCUT2D eigenvalue weighted by atomic mass is 16.2. The van der Waals surface area contributed by atoms with Crippen molar-refractivity contribution in [1.82, 2.24) is 5.32 Å². The van der Waals surface area contributed by atoms with Crippen LogP contribution in [0.2, 0.25) is 0 Å². The van der Waals surface area contributed by atoms with Crippen LogP contribution < -0.4 is 11.1 Å². The molecular weight excluding hydrogens is 180 g/mol. The Morgan fingerprint density at radius 2 is 1.86 bits per heavy atom. The summed E-state index contributed by atoms with van der Waals surface area (Å²) in [6.07, 6.45) is 3.23. The molecule has 0 heterocycles. The maximum absolute atomic E-state index is 10.9. The van der Waals surface area contributed by atoms with Gasteiger partial charge in [0.05, 0.1) is 0 Å². The lowest BCUT2D eigenvalue weighted by Crippen LogP contribution is -2.48. The predicted molar refractivity (Wildman–Crippen MR) is 53.4 cm³/mol. The summed E-state index contributed by atoms with van der Waals surface area (Å²) < 4.78 is 0. The molecule has 0 aliphatic heterocycles. The fraction of sp³-hybridized carbons (Fsp3) is 0.800. The molecule has 4 nitrogen and oxygen atoms in total. The Morgan fingerprint density at radius 3 is 2.21 bits per heavy atom. The normalized spacial score (nSPS) is 32.3. The van der Waals surface area contributed by atoms with E-state index in [1.54, 1.807) is 0 Å². The molecule has 0 aromatic carbocycles. The van der Waals surface area contributed by atoms with Gasteiger partial charge in [-0.25, -0.2) is 0 Å². The third-order valence-electron chi connectivity index (χ3n) is 2.97. The Hall–Kier alpha value is -1.06. The smallest absolute Gasteiger partial charge is 0.220 e. The molecule has 0 unspecified atom stereocenters. The Kier molecular flexibility index (Phi) is 3.13. The first-order chi connectivity index (χ1) is 6.43. The third-order valence-corrected chi connectivity index (χ3v) is 2.97. The van der Waals surface area contributed by atoms with Crippen LogP contribution in [0.5, 0.6) is 0 Å². The minimum Gasteiger partial charge on any atom is -0.369 e. The standard InChI is InChI=1S/C10H18N2O2/c1-7(13)12-10(2)5-3-8(4-6-10)9(11)14/h8H,3-6H2,1-2H3,(H2,11,14)(H,12,13). The number of amides is 2. The van der Waals surface area contributed by atoms with Gasteiger partial charge in [-0.15, -0.1) is 0 Å². The minimum atomic E-state index is -0.213. The SMILES string of the molecule is CC(=O)NC1(C)CCC(C(N)=O)CC1. The van der Waals surface area contributed by atoms with Crippen LogP contribution in [-0.2, 0) is 9.59 Å². The second kappa shape index (κ2) is 3.98. The van der Waals surface area contributed by atoms with Crippen molar-refractivity contribution in [2.45, 2.75) is 45.1 Å². The van der Waals surface area contributed by atoms with E-state index in [2.05, 4.69) is 5.32 Å². The van der Waals surface area contributed by atoms with Crippen LogP contribution in [0.25, 0.3) is 0 Å². The molecule has 1 fully saturated rings. The lowest BCUT2D eigenvalue weighted by Gasteiger charge is -2.36. The predicted octanol–water partition coefficient (Wildman–Crippen LogP) is 0.557. The van der Waals surface area contributed by atoms with Gasteiger partial charge in [-0.3, -0.25) is 9.59 Å². The fourth-order valence-electron chi connectivity index (χ4n) is 2.09. The number of nitrogens with one attached hydrogen (secondary N) is 1. The van der Waals surface area contributed by atoms with Crippen LogP contribution in [-0.4, -0.2) is 17.4 Å². The second-order valence-corrected chi connectivity index (χ2v) is 4.42. The Balaban J connectivity index is 2.48. The van der Waals surface area contributed by atoms with E-state index in [0.717, 1.165) is 25.7 Å². The van der Waals surface area contributed by atoms with Crippen molar-refractivity contribution in [1.29, 1.82) is 0 Å². The number of carbonyl (C=O) groups excluding carboxylic acids is 2. The van der Waals surface area contributed by atoms with Gasteiger partial charge >= 0.3 is 0 Å². The highest BCUT2D eigenvalue weighted by molar-refractivity contribution is 5.77. The van der Waals surface area contributed by atoms with Gasteiger partial charge < -0.3 is 11.1 Å². The Bertz CT molecular complexity index is 243. The van der Waals surface area contributed by atoms with E-state index >= 15 is 0 Å². The number of rotatable bonds is 2.